The van der Waals surface area contributed by atoms with Crippen LogP contribution in [0.1, 0.15) is 0 Å². The number of fused-ring (bicyclic) bond motifs is 2. The lowest BCUT2D eigenvalue weighted by atomic mass is 10.2. The molecule has 0 aliphatic rings. The van der Waals surface area contributed by atoms with Gasteiger partial charge in [-0.2, -0.15) is 0 Å². The second kappa shape index (κ2) is 7.97. The summed E-state index contributed by atoms with van der Waals surface area (Å²) in [5.41, 5.74) is 1.76. The Labute approximate surface area is 187 Å². The molecule has 5 aromatic rings. The molecule has 0 atom stereocenters. The van der Waals surface area contributed by atoms with Crippen molar-refractivity contribution in [3.05, 3.63) is 62.7 Å². The second-order valence-corrected chi connectivity index (χ2v) is 6.87. The number of non-ortho nitro benzene ring substituents is 2. The number of hydrogen-bond donors (Lipinski definition) is 2. The molecule has 15 heteroatoms. The first-order valence-corrected chi connectivity index (χ1v) is 9.47. The zero-order valence-electron chi connectivity index (χ0n) is 17.1. The molecule has 2 aromatic heterocycles. The Balaban J connectivity index is 1.51. The van der Waals surface area contributed by atoms with E-state index in [0.717, 1.165) is 0 Å². The maximum Gasteiger partial charge on any atom is 0.300 e. The van der Waals surface area contributed by atoms with Gasteiger partial charge in [-0.05, 0) is 51.0 Å². The Bertz CT molecular complexity index is 1580. The van der Waals surface area contributed by atoms with Gasteiger partial charge in [0.25, 0.3) is 0 Å². The zero-order valence-corrected chi connectivity index (χ0v) is 17.1. The van der Waals surface area contributed by atoms with Gasteiger partial charge in [0, 0.05) is 17.8 Å². The van der Waals surface area contributed by atoms with Crippen molar-refractivity contribution in [1.29, 1.82) is 0 Å². The maximum absolute atomic E-state index is 11.2. The molecule has 15 nitrogen and oxygen atoms in total. The molecule has 170 valence electrons. The largest absolute Gasteiger partial charge is 0.495 e. The number of nitrogens with zero attached hydrogens (tertiary/aromatic N) is 6. The van der Waals surface area contributed by atoms with Crippen molar-refractivity contribution in [2.75, 3.05) is 17.7 Å². The van der Waals surface area contributed by atoms with Crippen LogP contribution < -0.4 is 15.4 Å². The van der Waals surface area contributed by atoms with Gasteiger partial charge in [0.2, 0.25) is 11.0 Å². The fraction of sp³-hybridized carbons (Fsp3) is 0.0526. The fourth-order valence-electron chi connectivity index (χ4n) is 3.39. The van der Waals surface area contributed by atoms with E-state index < -0.39 is 9.85 Å². The molecule has 0 unspecified atom stereocenters. The average Bonchev–Trinajstić information content (AvgIpc) is 3.50. The molecule has 0 saturated carbocycles. The van der Waals surface area contributed by atoms with Crippen LogP contribution >= 0.6 is 0 Å². The van der Waals surface area contributed by atoms with Crippen molar-refractivity contribution in [3.63, 3.8) is 0 Å². The number of hydrogen-bond acceptors (Lipinski definition) is 13. The number of benzene rings is 3. The summed E-state index contributed by atoms with van der Waals surface area (Å²) in [7, 11) is 1.48. The average molecular weight is 464 g/mol. The van der Waals surface area contributed by atoms with E-state index in [1.165, 1.54) is 31.4 Å². The standard InChI is InChI=1S/C19H12N8O7/c1-32-15-7-2-9(20-10-3-5-13(26(28)29)18-16(10)22-33-24-18)8-12(15)21-11-4-6-14(27(30)31)19-17(11)23-34-25-19/h2-8,20-21H,1H3. The molecule has 0 aliphatic carbocycles. The van der Waals surface area contributed by atoms with E-state index in [4.69, 9.17) is 9.37 Å². The number of methoxy groups -OCH3 is 1. The molecule has 0 radical (unpaired) electrons. The molecule has 0 fully saturated rings. The normalized spacial score (nSPS) is 11.0. The Hall–Kier alpha value is -5.34. The highest BCUT2D eigenvalue weighted by Crippen LogP contribution is 2.37. The summed E-state index contributed by atoms with van der Waals surface area (Å²) >= 11 is 0. The molecule has 3 aromatic carbocycles. The fourth-order valence-corrected chi connectivity index (χ4v) is 3.39. The topological polar surface area (TPSA) is 197 Å². The van der Waals surface area contributed by atoms with E-state index in [2.05, 4.69) is 35.9 Å². The zero-order chi connectivity index (χ0) is 23.8. The van der Waals surface area contributed by atoms with Crippen molar-refractivity contribution < 1.29 is 23.8 Å². The summed E-state index contributed by atoms with van der Waals surface area (Å²) < 4.78 is 14.8. The minimum Gasteiger partial charge on any atom is -0.495 e. The van der Waals surface area contributed by atoms with Crippen LogP contribution in [0.4, 0.5) is 34.1 Å². The number of nitrogens with one attached hydrogen (secondary N) is 2. The van der Waals surface area contributed by atoms with Gasteiger partial charge in [0.05, 0.1) is 34.0 Å². The number of nitro benzene ring substituents is 2. The quantitative estimate of drug-likeness (QED) is 0.258. The first kappa shape index (κ1) is 20.6. The molecule has 2 heterocycles. The monoisotopic (exact) mass is 464 g/mol. The third-order valence-corrected chi connectivity index (χ3v) is 4.93. The van der Waals surface area contributed by atoms with Crippen LogP contribution in [0.15, 0.2) is 51.7 Å². The van der Waals surface area contributed by atoms with Gasteiger partial charge in [-0.1, -0.05) is 0 Å². The van der Waals surface area contributed by atoms with E-state index in [1.807, 2.05) is 0 Å². The predicted octanol–water partition coefficient (Wildman–Crippen LogP) is 4.07. The van der Waals surface area contributed by atoms with E-state index in [1.54, 1.807) is 18.2 Å². The summed E-state index contributed by atoms with van der Waals surface area (Å²) in [4.78, 5) is 21.3. The summed E-state index contributed by atoms with van der Waals surface area (Å²) in [6, 6.07) is 10.6. The van der Waals surface area contributed by atoms with Crippen LogP contribution in [0.25, 0.3) is 22.1 Å². The van der Waals surface area contributed by atoms with Gasteiger partial charge in [0.1, 0.15) is 5.75 Å². The molecule has 5 rings (SSSR count). The van der Waals surface area contributed by atoms with Crippen LogP contribution in [0.3, 0.4) is 0 Å². The first-order valence-electron chi connectivity index (χ1n) is 9.47. The van der Waals surface area contributed by atoms with E-state index in [9.17, 15) is 20.2 Å². The van der Waals surface area contributed by atoms with Crippen molar-refractivity contribution in [3.8, 4) is 5.75 Å². The van der Waals surface area contributed by atoms with Crippen molar-refractivity contribution in [2.45, 2.75) is 0 Å². The number of ether oxygens (including phenoxy) is 1. The maximum atomic E-state index is 11.2. The van der Waals surface area contributed by atoms with E-state index in [0.29, 0.717) is 28.5 Å². The smallest absolute Gasteiger partial charge is 0.300 e. The number of nitro groups is 2. The van der Waals surface area contributed by atoms with Crippen molar-refractivity contribution in [1.82, 2.24) is 20.6 Å². The summed E-state index contributed by atoms with van der Waals surface area (Å²) in [5.74, 6) is 0.463. The van der Waals surface area contributed by atoms with Gasteiger partial charge >= 0.3 is 11.4 Å². The lowest BCUT2D eigenvalue weighted by molar-refractivity contribution is -0.383. The minimum absolute atomic E-state index is 0.00458. The van der Waals surface area contributed by atoms with Crippen LogP contribution in [-0.4, -0.2) is 37.6 Å². The van der Waals surface area contributed by atoms with Crippen LogP contribution in [0.2, 0.25) is 0 Å². The molecule has 0 spiro atoms. The molecular formula is C19H12N8O7. The Morgan fingerprint density at radius 2 is 1.26 bits per heavy atom. The van der Waals surface area contributed by atoms with Crippen LogP contribution in [0.5, 0.6) is 5.75 Å². The third kappa shape index (κ3) is 3.42. The summed E-state index contributed by atoms with van der Waals surface area (Å²) in [6.45, 7) is 0. The molecule has 0 aliphatic heterocycles. The van der Waals surface area contributed by atoms with Crippen molar-refractivity contribution >= 4 is 56.2 Å². The summed E-state index contributed by atoms with van der Waals surface area (Å²) in [5, 5.41) is 43.4. The van der Waals surface area contributed by atoms with Crippen molar-refractivity contribution in [2.24, 2.45) is 0 Å². The van der Waals surface area contributed by atoms with E-state index in [-0.39, 0.29) is 33.4 Å². The Morgan fingerprint density at radius 1 is 0.735 bits per heavy atom. The second-order valence-electron chi connectivity index (χ2n) is 6.87. The number of aromatic nitrogens is 4. The number of rotatable bonds is 7. The Morgan fingerprint density at radius 3 is 1.79 bits per heavy atom. The lowest BCUT2D eigenvalue weighted by Crippen LogP contribution is -1.99. The molecule has 34 heavy (non-hydrogen) atoms. The van der Waals surface area contributed by atoms with Gasteiger partial charge in [-0.15, -0.1) is 0 Å². The van der Waals surface area contributed by atoms with Crippen LogP contribution in [0, 0.1) is 20.2 Å². The highest BCUT2D eigenvalue weighted by Gasteiger charge is 2.22. The highest BCUT2D eigenvalue weighted by molar-refractivity contribution is 5.97. The molecule has 0 amide bonds. The van der Waals surface area contributed by atoms with Gasteiger partial charge < -0.3 is 15.4 Å². The molecule has 2 N–H and O–H groups in total. The molecule has 0 saturated heterocycles. The summed E-state index contributed by atoms with van der Waals surface area (Å²) in [6.07, 6.45) is 0. The van der Waals surface area contributed by atoms with E-state index >= 15 is 0 Å². The number of anilines is 4. The van der Waals surface area contributed by atoms with Gasteiger partial charge in [-0.25, -0.2) is 9.26 Å². The minimum atomic E-state index is -0.578. The predicted molar refractivity (Wildman–Crippen MR) is 116 cm³/mol. The van der Waals surface area contributed by atoms with Gasteiger partial charge in [-0.3, -0.25) is 20.2 Å². The SMILES string of the molecule is COc1ccc(Nc2ccc([N+](=O)[O-])c3nonc23)cc1Nc1ccc([N+](=O)[O-])c2nonc12. The molecule has 0 bridgehead atoms. The Kier molecular flexibility index (Phi) is 4.82. The van der Waals surface area contributed by atoms with Crippen LogP contribution in [-0.2, 0) is 0 Å². The van der Waals surface area contributed by atoms with Gasteiger partial charge in [0.15, 0.2) is 11.0 Å². The first-order chi connectivity index (χ1) is 16.5. The lowest BCUT2D eigenvalue weighted by Gasteiger charge is -2.14. The third-order valence-electron chi connectivity index (χ3n) is 4.93. The molecular weight excluding hydrogens is 452 g/mol. The highest BCUT2D eigenvalue weighted by atomic mass is 16.6.